The van der Waals surface area contributed by atoms with E-state index in [0.29, 0.717) is 28.9 Å². The Kier molecular flexibility index (Phi) is 5.46. The third-order valence-corrected chi connectivity index (χ3v) is 7.60. The largest absolute Gasteiger partial charge is 0.386 e. The molecule has 2 aliphatic carbocycles. The second-order valence-corrected chi connectivity index (χ2v) is 9.43. The van der Waals surface area contributed by atoms with Gasteiger partial charge in [-0.05, 0) is 38.3 Å². The number of aliphatic hydroxyl groups is 1. The first-order valence-corrected chi connectivity index (χ1v) is 10.9. The summed E-state index contributed by atoms with van der Waals surface area (Å²) in [5, 5.41) is 17.4. The molecular weight excluding hydrogens is 370 g/mol. The van der Waals surface area contributed by atoms with Crippen molar-refractivity contribution in [1.29, 1.82) is 0 Å². The van der Waals surface area contributed by atoms with Gasteiger partial charge in [0.05, 0.1) is 17.0 Å². The molecule has 4 rings (SSSR count). The summed E-state index contributed by atoms with van der Waals surface area (Å²) in [4.78, 5) is 5.51. The number of hydrogen-bond acceptors (Lipinski definition) is 4. The monoisotopic (exact) mass is 397 g/mol. The second-order valence-electron chi connectivity index (χ2n) is 7.68. The molecule has 7 heteroatoms. The Morgan fingerprint density at radius 1 is 1.46 bits per heavy atom. The zero-order valence-corrected chi connectivity index (χ0v) is 16.8. The SMILES string of the molecule is CCNC(=NCC(O)c1ccc(Cl)s1)NC1C2CCOC2C12CCCC2. The summed E-state index contributed by atoms with van der Waals surface area (Å²) in [6.07, 6.45) is 6.06. The summed E-state index contributed by atoms with van der Waals surface area (Å²) in [7, 11) is 0. The number of guanidine groups is 1. The van der Waals surface area contributed by atoms with E-state index in [4.69, 9.17) is 16.3 Å². The van der Waals surface area contributed by atoms with Gasteiger partial charge in [0.1, 0.15) is 6.10 Å². The lowest BCUT2D eigenvalue weighted by Gasteiger charge is -2.57. The standard InChI is InChI=1S/C19H28ClN3O2S/c1-2-21-18(22-11-13(24)14-5-6-15(20)26-14)23-16-12-7-10-25-17(12)19(16)8-3-4-9-19/h5-6,12-13,16-17,24H,2-4,7-11H2,1H3,(H2,21,22,23). The normalized spacial score (nSPS) is 30.9. The Morgan fingerprint density at radius 3 is 2.96 bits per heavy atom. The highest BCUT2D eigenvalue weighted by atomic mass is 35.5. The smallest absolute Gasteiger partial charge is 0.191 e. The lowest BCUT2D eigenvalue weighted by atomic mass is 9.54. The van der Waals surface area contributed by atoms with Gasteiger partial charge in [-0.15, -0.1) is 11.3 Å². The van der Waals surface area contributed by atoms with Gasteiger partial charge in [-0.3, -0.25) is 4.99 Å². The van der Waals surface area contributed by atoms with E-state index >= 15 is 0 Å². The van der Waals surface area contributed by atoms with Crippen LogP contribution >= 0.6 is 22.9 Å². The van der Waals surface area contributed by atoms with Crippen LogP contribution in [0, 0.1) is 11.3 Å². The molecule has 0 bridgehead atoms. The first-order valence-electron chi connectivity index (χ1n) is 9.74. The number of halogens is 1. The summed E-state index contributed by atoms with van der Waals surface area (Å²) in [5.74, 6) is 1.40. The molecule has 1 aromatic heterocycles. The van der Waals surface area contributed by atoms with Gasteiger partial charge in [0.15, 0.2) is 5.96 Å². The van der Waals surface area contributed by atoms with Gasteiger partial charge < -0.3 is 20.5 Å². The van der Waals surface area contributed by atoms with Crippen LogP contribution in [0.3, 0.4) is 0 Å². The Balaban J connectivity index is 1.44. The fraction of sp³-hybridized carbons (Fsp3) is 0.737. The van der Waals surface area contributed by atoms with Crippen LogP contribution in [0.1, 0.15) is 50.0 Å². The van der Waals surface area contributed by atoms with Gasteiger partial charge in [0.25, 0.3) is 0 Å². The van der Waals surface area contributed by atoms with E-state index in [1.165, 1.54) is 37.0 Å². The fourth-order valence-corrected chi connectivity index (χ4v) is 6.18. The van der Waals surface area contributed by atoms with E-state index in [1.54, 1.807) is 0 Å². The third-order valence-electron chi connectivity index (χ3n) is 6.27. The number of nitrogens with one attached hydrogen (secondary N) is 2. The van der Waals surface area contributed by atoms with Crippen molar-refractivity contribution in [3.8, 4) is 0 Å². The van der Waals surface area contributed by atoms with Crippen LogP contribution in [0.4, 0.5) is 0 Å². The van der Waals surface area contributed by atoms with Gasteiger partial charge in [0.2, 0.25) is 0 Å². The molecule has 0 radical (unpaired) electrons. The quantitative estimate of drug-likeness (QED) is 0.526. The first kappa shape index (κ1) is 18.5. The highest BCUT2D eigenvalue weighted by molar-refractivity contribution is 7.16. The lowest BCUT2D eigenvalue weighted by molar-refractivity contribution is -0.125. The minimum absolute atomic E-state index is 0.289. The average Bonchev–Trinajstić information content (AvgIpc) is 3.36. The maximum Gasteiger partial charge on any atom is 0.191 e. The Hall–Kier alpha value is -0.820. The van der Waals surface area contributed by atoms with Crippen LogP contribution in [0.25, 0.3) is 0 Å². The van der Waals surface area contributed by atoms with Gasteiger partial charge in [0, 0.05) is 35.4 Å². The number of rotatable bonds is 5. The van der Waals surface area contributed by atoms with Gasteiger partial charge in [-0.1, -0.05) is 24.4 Å². The number of fused-ring (bicyclic) bond motifs is 2. The van der Waals surface area contributed by atoms with Crippen molar-refractivity contribution in [3.63, 3.8) is 0 Å². The minimum atomic E-state index is -0.618. The van der Waals surface area contributed by atoms with E-state index in [2.05, 4.69) is 22.5 Å². The highest BCUT2D eigenvalue weighted by Gasteiger charge is 2.65. The first-order chi connectivity index (χ1) is 12.6. The average molecular weight is 398 g/mol. The van der Waals surface area contributed by atoms with E-state index < -0.39 is 6.10 Å². The Labute approximate surface area is 164 Å². The summed E-state index contributed by atoms with van der Waals surface area (Å²) in [5.41, 5.74) is 0.289. The molecule has 1 aromatic rings. The number of aliphatic imine (C=N–C) groups is 1. The zero-order valence-electron chi connectivity index (χ0n) is 15.2. The molecule has 4 atom stereocenters. The van der Waals surface area contributed by atoms with Gasteiger partial charge >= 0.3 is 0 Å². The number of nitrogens with zero attached hydrogens (tertiary/aromatic N) is 1. The predicted octanol–water partition coefficient (Wildman–Crippen LogP) is 3.34. The van der Waals surface area contributed by atoms with Crippen LogP contribution in [-0.4, -0.2) is 42.9 Å². The van der Waals surface area contributed by atoms with Crippen molar-refractivity contribution in [2.24, 2.45) is 16.3 Å². The zero-order chi connectivity index (χ0) is 18.1. The second kappa shape index (κ2) is 7.66. The molecule has 3 N–H and O–H groups in total. The van der Waals surface area contributed by atoms with Crippen LogP contribution in [0.5, 0.6) is 0 Å². The number of aliphatic hydroxyl groups excluding tert-OH is 1. The summed E-state index contributed by atoms with van der Waals surface area (Å²) < 4.78 is 6.76. The Morgan fingerprint density at radius 2 is 2.27 bits per heavy atom. The van der Waals surface area contributed by atoms with Crippen molar-refractivity contribution in [3.05, 3.63) is 21.3 Å². The molecule has 4 unspecified atom stereocenters. The molecule has 1 spiro atoms. The third kappa shape index (κ3) is 3.26. The van der Waals surface area contributed by atoms with E-state index in [1.807, 2.05) is 12.1 Å². The maximum absolute atomic E-state index is 10.4. The van der Waals surface area contributed by atoms with Crippen LogP contribution in [0.2, 0.25) is 4.34 Å². The van der Waals surface area contributed by atoms with Crippen molar-refractivity contribution in [2.75, 3.05) is 19.7 Å². The molecule has 1 saturated heterocycles. The van der Waals surface area contributed by atoms with Crippen molar-refractivity contribution in [2.45, 2.75) is 57.3 Å². The highest BCUT2D eigenvalue weighted by Crippen LogP contribution is 2.60. The lowest BCUT2D eigenvalue weighted by Crippen LogP contribution is -2.69. The number of hydrogen-bond donors (Lipinski definition) is 3. The van der Waals surface area contributed by atoms with Crippen molar-refractivity contribution < 1.29 is 9.84 Å². The molecule has 3 fully saturated rings. The van der Waals surface area contributed by atoms with Crippen molar-refractivity contribution >= 4 is 28.9 Å². The summed E-state index contributed by atoms with van der Waals surface area (Å²) >= 11 is 7.38. The molecule has 0 amide bonds. The molecule has 2 saturated carbocycles. The molecule has 5 nitrogen and oxygen atoms in total. The fourth-order valence-electron chi connectivity index (χ4n) is 5.15. The van der Waals surface area contributed by atoms with Crippen LogP contribution in [0.15, 0.2) is 17.1 Å². The minimum Gasteiger partial charge on any atom is -0.386 e. The topological polar surface area (TPSA) is 65.9 Å². The van der Waals surface area contributed by atoms with E-state index in [9.17, 15) is 5.11 Å². The van der Waals surface area contributed by atoms with Gasteiger partial charge in [-0.25, -0.2) is 0 Å². The maximum atomic E-state index is 10.4. The van der Waals surface area contributed by atoms with Crippen molar-refractivity contribution in [1.82, 2.24) is 10.6 Å². The molecule has 0 aromatic carbocycles. The molecule has 1 aliphatic heterocycles. The summed E-state index contributed by atoms with van der Waals surface area (Å²) in [6, 6.07) is 4.12. The van der Waals surface area contributed by atoms with E-state index in [0.717, 1.165) is 30.4 Å². The number of ether oxygens (including phenoxy) is 1. The molecular formula is C19H28ClN3O2S. The van der Waals surface area contributed by atoms with E-state index in [-0.39, 0.29) is 5.41 Å². The van der Waals surface area contributed by atoms with Gasteiger partial charge in [-0.2, -0.15) is 0 Å². The summed E-state index contributed by atoms with van der Waals surface area (Å²) in [6.45, 7) is 4.09. The predicted molar refractivity (Wildman–Crippen MR) is 106 cm³/mol. The number of thiophene rings is 1. The molecule has 2 heterocycles. The Bertz CT molecular complexity index is 659. The van der Waals surface area contributed by atoms with Crippen LogP contribution < -0.4 is 10.6 Å². The molecule has 144 valence electrons. The van der Waals surface area contributed by atoms with Crippen LogP contribution in [-0.2, 0) is 4.74 Å². The molecule has 26 heavy (non-hydrogen) atoms. The molecule has 3 aliphatic rings.